The molecule has 0 aromatic heterocycles. The minimum atomic E-state index is -1.04. The fourth-order valence-corrected chi connectivity index (χ4v) is 2.52. The second-order valence-corrected chi connectivity index (χ2v) is 5.08. The monoisotopic (exact) mass is 200 g/mol. The van der Waals surface area contributed by atoms with Gasteiger partial charge < -0.3 is 10.2 Å². The van der Waals surface area contributed by atoms with E-state index < -0.39 is 17.5 Å². The van der Waals surface area contributed by atoms with Crippen LogP contribution in [-0.4, -0.2) is 21.8 Å². The van der Waals surface area contributed by atoms with Crippen molar-refractivity contribution in [1.29, 1.82) is 0 Å². The molecule has 14 heavy (non-hydrogen) atoms. The quantitative estimate of drug-likeness (QED) is 0.717. The van der Waals surface area contributed by atoms with Crippen LogP contribution in [-0.2, 0) is 4.79 Å². The molecule has 82 valence electrons. The normalized spacial score (nSPS) is 33.7. The highest BCUT2D eigenvalue weighted by Crippen LogP contribution is 2.47. The van der Waals surface area contributed by atoms with Crippen LogP contribution in [0.15, 0.2) is 0 Å². The van der Waals surface area contributed by atoms with E-state index in [0.717, 1.165) is 19.3 Å². The van der Waals surface area contributed by atoms with Crippen LogP contribution >= 0.6 is 0 Å². The second kappa shape index (κ2) is 3.54. The predicted molar refractivity (Wildman–Crippen MR) is 54.0 cm³/mol. The van der Waals surface area contributed by atoms with Gasteiger partial charge in [-0.05, 0) is 25.2 Å². The Hall–Kier alpha value is -0.570. The first kappa shape index (κ1) is 11.5. The van der Waals surface area contributed by atoms with Crippen LogP contribution in [0.5, 0.6) is 0 Å². The summed E-state index contributed by atoms with van der Waals surface area (Å²) in [6.45, 7) is 5.53. The maximum absolute atomic E-state index is 10.9. The van der Waals surface area contributed by atoms with Gasteiger partial charge >= 0.3 is 5.97 Å². The van der Waals surface area contributed by atoms with Crippen molar-refractivity contribution in [1.82, 2.24) is 0 Å². The fourth-order valence-electron chi connectivity index (χ4n) is 2.52. The number of carboxylic acid groups (broad SMARTS) is 1. The molecule has 1 fully saturated rings. The number of hydrogen-bond acceptors (Lipinski definition) is 2. The van der Waals surface area contributed by atoms with Gasteiger partial charge in [0, 0.05) is 0 Å². The summed E-state index contributed by atoms with van der Waals surface area (Å²) in [7, 11) is 0. The number of aliphatic carboxylic acids is 1. The molecule has 0 amide bonds. The zero-order valence-electron chi connectivity index (χ0n) is 9.21. The van der Waals surface area contributed by atoms with E-state index in [1.54, 1.807) is 6.92 Å². The number of carboxylic acids is 1. The summed E-state index contributed by atoms with van der Waals surface area (Å²) in [6, 6.07) is 0. The minimum absolute atomic E-state index is 0.289. The van der Waals surface area contributed by atoms with Gasteiger partial charge in [0.15, 0.2) is 0 Å². The van der Waals surface area contributed by atoms with Gasteiger partial charge in [-0.15, -0.1) is 0 Å². The van der Waals surface area contributed by atoms with Gasteiger partial charge in [0.05, 0.1) is 11.5 Å². The third-order valence-electron chi connectivity index (χ3n) is 3.87. The van der Waals surface area contributed by atoms with Crippen LogP contribution in [0.25, 0.3) is 0 Å². The smallest absolute Gasteiger partial charge is 0.309 e. The lowest BCUT2D eigenvalue weighted by Gasteiger charge is -2.48. The largest absolute Gasteiger partial charge is 0.481 e. The minimum Gasteiger partial charge on any atom is -0.481 e. The Balaban J connectivity index is 2.94. The SMILES string of the molecule is CC(C(=O)O)C1(O)CCCCC1(C)C. The first-order valence-corrected chi connectivity index (χ1v) is 5.26. The van der Waals surface area contributed by atoms with E-state index in [-0.39, 0.29) is 5.41 Å². The molecule has 0 aliphatic heterocycles. The Kier molecular flexibility index (Phi) is 2.91. The lowest BCUT2D eigenvalue weighted by atomic mass is 9.60. The average Bonchev–Trinajstić information content (AvgIpc) is 2.08. The van der Waals surface area contributed by atoms with Crippen molar-refractivity contribution in [2.75, 3.05) is 0 Å². The average molecular weight is 200 g/mol. The highest BCUT2D eigenvalue weighted by Gasteiger charge is 2.51. The lowest BCUT2D eigenvalue weighted by molar-refractivity contribution is -0.171. The van der Waals surface area contributed by atoms with Crippen molar-refractivity contribution in [3.63, 3.8) is 0 Å². The first-order chi connectivity index (χ1) is 6.31. The molecule has 1 aliphatic rings. The maximum atomic E-state index is 10.9. The second-order valence-electron chi connectivity index (χ2n) is 5.08. The highest BCUT2D eigenvalue weighted by molar-refractivity contribution is 5.71. The van der Waals surface area contributed by atoms with E-state index in [2.05, 4.69) is 0 Å². The van der Waals surface area contributed by atoms with Gasteiger partial charge in [-0.1, -0.05) is 26.7 Å². The third kappa shape index (κ3) is 1.65. The molecule has 1 rings (SSSR count). The molecule has 3 nitrogen and oxygen atoms in total. The van der Waals surface area contributed by atoms with Gasteiger partial charge in [-0.2, -0.15) is 0 Å². The van der Waals surface area contributed by atoms with Gasteiger partial charge in [0.25, 0.3) is 0 Å². The molecule has 0 aromatic rings. The van der Waals surface area contributed by atoms with Crippen molar-refractivity contribution in [2.45, 2.75) is 52.1 Å². The van der Waals surface area contributed by atoms with Crippen molar-refractivity contribution >= 4 is 5.97 Å². The summed E-state index contributed by atoms with van der Waals surface area (Å²) in [5.74, 6) is -1.58. The summed E-state index contributed by atoms with van der Waals surface area (Å²) in [4.78, 5) is 10.9. The Morgan fingerprint density at radius 1 is 1.29 bits per heavy atom. The van der Waals surface area contributed by atoms with E-state index in [1.807, 2.05) is 13.8 Å². The first-order valence-electron chi connectivity index (χ1n) is 5.26. The predicted octanol–water partition coefficient (Wildman–Crippen LogP) is 2.04. The summed E-state index contributed by atoms with van der Waals surface area (Å²) < 4.78 is 0. The molecule has 0 radical (unpaired) electrons. The molecular formula is C11H20O3. The molecule has 1 aliphatic carbocycles. The van der Waals surface area contributed by atoms with E-state index in [4.69, 9.17) is 5.11 Å². The van der Waals surface area contributed by atoms with Crippen molar-refractivity contribution < 1.29 is 15.0 Å². The van der Waals surface area contributed by atoms with Crippen LogP contribution in [0.4, 0.5) is 0 Å². The van der Waals surface area contributed by atoms with Crippen molar-refractivity contribution in [3.05, 3.63) is 0 Å². The van der Waals surface area contributed by atoms with Crippen LogP contribution in [0.3, 0.4) is 0 Å². The zero-order chi connectivity index (χ0) is 11.0. The molecule has 0 spiro atoms. The Labute approximate surface area is 85.1 Å². The van der Waals surface area contributed by atoms with Crippen LogP contribution < -0.4 is 0 Å². The number of hydrogen-bond donors (Lipinski definition) is 2. The fraction of sp³-hybridized carbons (Fsp3) is 0.909. The Bertz CT molecular complexity index is 235. The molecule has 0 aromatic carbocycles. The van der Waals surface area contributed by atoms with Gasteiger partial charge in [0.1, 0.15) is 0 Å². The number of rotatable bonds is 2. The number of carbonyl (C=O) groups is 1. The van der Waals surface area contributed by atoms with Crippen LogP contribution in [0, 0.1) is 11.3 Å². The van der Waals surface area contributed by atoms with E-state index in [9.17, 15) is 9.90 Å². The van der Waals surface area contributed by atoms with E-state index >= 15 is 0 Å². The highest BCUT2D eigenvalue weighted by atomic mass is 16.4. The summed E-state index contributed by atoms with van der Waals surface area (Å²) in [5.41, 5.74) is -1.33. The molecule has 2 unspecified atom stereocenters. The topological polar surface area (TPSA) is 57.5 Å². The van der Waals surface area contributed by atoms with Crippen molar-refractivity contribution in [2.24, 2.45) is 11.3 Å². The maximum Gasteiger partial charge on any atom is 0.309 e. The molecule has 1 saturated carbocycles. The molecule has 2 atom stereocenters. The van der Waals surface area contributed by atoms with Crippen molar-refractivity contribution in [3.8, 4) is 0 Å². The third-order valence-corrected chi connectivity index (χ3v) is 3.87. The molecular weight excluding hydrogens is 180 g/mol. The van der Waals surface area contributed by atoms with Gasteiger partial charge in [-0.25, -0.2) is 0 Å². The standard InChI is InChI=1S/C11H20O3/c1-8(9(12)13)11(14)7-5-4-6-10(11,2)3/h8,14H,4-7H2,1-3H3,(H,12,13). The molecule has 3 heteroatoms. The van der Waals surface area contributed by atoms with Crippen LogP contribution in [0.2, 0.25) is 0 Å². The molecule has 0 bridgehead atoms. The molecule has 0 heterocycles. The summed E-state index contributed by atoms with van der Waals surface area (Å²) >= 11 is 0. The zero-order valence-corrected chi connectivity index (χ0v) is 9.21. The summed E-state index contributed by atoms with van der Waals surface area (Å²) in [5, 5.41) is 19.4. The van der Waals surface area contributed by atoms with Gasteiger partial charge in [-0.3, -0.25) is 4.79 Å². The van der Waals surface area contributed by atoms with Gasteiger partial charge in [0.2, 0.25) is 0 Å². The van der Waals surface area contributed by atoms with Crippen LogP contribution in [0.1, 0.15) is 46.5 Å². The molecule has 0 saturated heterocycles. The number of aliphatic hydroxyl groups is 1. The summed E-state index contributed by atoms with van der Waals surface area (Å²) in [6.07, 6.45) is 3.52. The van der Waals surface area contributed by atoms with E-state index in [0.29, 0.717) is 6.42 Å². The molecule has 2 N–H and O–H groups in total. The Morgan fingerprint density at radius 2 is 1.79 bits per heavy atom. The Morgan fingerprint density at radius 3 is 2.21 bits per heavy atom. The van der Waals surface area contributed by atoms with E-state index in [1.165, 1.54) is 0 Å². The lowest BCUT2D eigenvalue weighted by Crippen LogP contribution is -2.54.